The second-order valence-electron chi connectivity index (χ2n) is 23.4. The zero-order valence-corrected chi connectivity index (χ0v) is 53.1. The third-order valence-corrected chi connectivity index (χ3v) is 17.5. The number of amides is 6. The van der Waals surface area contributed by atoms with Gasteiger partial charge in [0.05, 0.1) is 56.1 Å². The maximum atomic E-state index is 14.4. The zero-order chi connectivity index (χ0) is 64.8. The molecule has 4 heterocycles. The van der Waals surface area contributed by atoms with Crippen molar-refractivity contribution >= 4 is 75.6 Å². The van der Waals surface area contributed by atoms with Crippen LogP contribution in [0.25, 0.3) is 10.9 Å². The molecule has 3 aliphatic heterocycles. The molecule has 0 spiro atoms. The first-order chi connectivity index (χ1) is 41.7. The lowest BCUT2D eigenvalue weighted by Gasteiger charge is -2.42. The number of ketones is 1. The number of hydrogen-bond acceptors (Lipinski definition) is 17. The van der Waals surface area contributed by atoms with Gasteiger partial charge in [-0.05, 0) is 82.4 Å². The number of likely N-dealkylation sites (N-methyl/N-ethyl adjacent to an activating group) is 1. The van der Waals surface area contributed by atoms with Crippen LogP contribution in [-0.2, 0) is 72.0 Å². The number of rotatable bonds is 26. The predicted molar refractivity (Wildman–Crippen MR) is 328 cm³/mol. The maximum absolute atomic E-state index is 14.4. The number of fused-ring (bicyclic) bond motifs is 6. The number of aromatic nitrogens is 1. The number of benzene rings is 2. The highest BCUT2D eigenvalue weighted by Gasteiger charge is 2.64. The standard InChI is InChI=1S/C63H89ClN8O16/c1-11-66(7)37-46-34-45-16-12-13-17-48(45)72(46)24-21-47(76)19-20-54(78)70(26-29-74)39-57(81)71(27-30-75)38-56(80)69(25-28-73)23-22-53(77)67(8)43(5)60(82)87-52-35-55(79)68(9)49-33-44(32-41(3)58(49)64)31-40(2)15-14-18-51(85-10)63(84)36-50(86-61(83)65-63)42(4)59-62(52,6)88-59/h12-18,32-34,42-43,50-52,59,73-75,84H,11,19-31,35-39H2,1-10H3,(H,65,83)/b18-14+,40-15+/t42-,43+,50+,51-,52+,59?,62+,63-/m1/s1. The van der Waals surface area contributed by atoms with Crippen molar-refractivity contribution in [1.82, 2.24) is 34.4 Å². The average Bonchev–Trinajstić information content (AvgIpc) is 1.58. The number of allylic oxidation sites excluding steroid dienone is 3. The van der Waals surface area contributed by atoms with Crippen molar-refractivity contribution in [2.24, 2.45) is 5.92 Å². The number of aryl methyl sites for hydroxylation is 2. The molecule has 1 unspecified atom stereocenters. The number of nitrogens with zero attached hydrogens (tertiary/aromatic N) is 7. The van der Waals surface area contributed by atoms with Gasteiger partial charge >= 0.3 is 12.1 Å². The van der Waals surface area contributed by atoms with Gasteiger partial charge in [0.25, 0.3) is 0 Å². The summed E-state index contributed by atoms with van der Waals surface area (Å²) in [5, 5.41) is 45.6. The molecular formula is C63H89ClN8O16. The number of Topliss-reactive ketones (excluding diaryl/α,β-unsaturated/α-hetero) is 1. The molecule has 88 heavy (non-hydrogen) atoms. The molecule has 8 atom stereocenters. The summed E-state index contributed by atoms with van der Waals surface area (Å²) in [5.74, 6) is -4.88. The third-order valence-electron chi connectivity index (χ3n) is 17.0. The number of esters is 1. The Labute approximate surface area is 519 Å². The fraction of sp³-hybridized carbons (Fsp3) is 0.587. The van der Waals surface area contributed by atoms with E-state index in [4.69, 9.17) is 30.5 Å². The van der Waals surface area contributed by atoms with Gasteiger partial charge < -0.3 is 73.3 Å². The fourth-order valence-corrected chi connectivity index (χ4v) is 11.5. The van der Waals surface area contributed by atoms with Crippen LogP contribution in [0, 0.1) is 12.8 Å². The van der Waals surface area contributed by atoms with Crippen LogP contribution >= 0.6 is 11.6 Å². The van der Waals surface area contributed by atoms with Crippen LogP contribution in [0.5, 0.6) is 0 Å². The molecule has 0 aliphatic carbocycles. The number of nitrogens with one attached hydrogen (secondary N) is 1. The number of aliphatic hydroxyl groups is 4. The number of alkyl carbamates (subject to hydrolysis) is 1. The summed E-state index contributed by atoms with van der Waals surface area (Å²) < 4.78 is 26.0. The Bertz CT molecular complexity index is 3060. The number of aliphatic hydroxyl groups excluding tert-OH is 3. The molecule has 6 rings (SSSR count). The topological polar surface area (TPSA) is 294 Å². The second-order valence-corrected chi connectivity index (χ2v) is 23.8. The summed E-state index contributed by atoms with van der Waals surface area (Å²) in [6, 6.07) is 12.4. The summed E-state index contributed by atoms with van der Waals surface area (Å²) in [6.07, 6.45) is -0.392. The molecule has 25 heteroatoms. The average molecular weight is 1250 g/mol. The largest absolute Gasteiger partial charge is 0.457 e. The molecule has 5 N–H and O–H groups in total. The Morgan fingerprint density at radius 1 is 0.875 bits per heavy atom. The maximum Gasteiger partial charge on any atom is 0.409 e. The molecule has 3 aliphatic rings. The number of halogens is 1. The van der Waals surface area contributed by atoms with Gasteiger partial charge in [-0.15, -0.1) is 0 Å². The van der Waals surface area contributed by atoms with Crippen LogP contribution < -0.4 is 10.2 Å². The SMILES string of the molecule is CCN(C)Cc1cc2ccccc2n1CCC(=O)CCC(=O)N(CCO)CC(=O)N(CCO)CC(=O)N(CCO)CCC(=O)N(C)[C@@H](C)C(=O)O[C@H]1CC(=O)N(C)c2cc(cc(C)c2Cl)C/C(C)=C/C=C/[C@@H](OC)[C@]2(O)C[C@H](OC(=O)N2)[C@@H](C)C2O[C@]21C. The minimum atomic E-state index is -1.91. The molecule has 6 amide bonds. The van der Waals surface area contributed by atoms with Gasteiger partial charge in [-0.25, -0.2) is 9.59 Å². The molecule has 3 aromatic rings. The Balaban J connectivity index is 1.10. The highest BCUT2D eigenvalue weighted by Crippen LogP contribution is 2.49. The Kier molecular flexibility index (Phi) is 25.3. The number of hydrogen-bond donors (Lipinski definition) is 5. The summed E-state index contributed by atoms with van der Waals surface area (Å²) in [4.78, 5) is 118. The highest BCUT2D eigenvalue weighted by molar-refractivity contribution is 6.34. The van der Waals surface area contributed by atoms with E-state index in [9.17, 15) is 58.8 Å². The van der Waals surface area contributed by atoms with Crippen LogP contribution in [0.3, 0.4) is 0 Å². The van der Waals surface area contributed by atoms with Crippen molar-refractivity contribution in [2.75, 3.05) is 98.8 Å². The summed E-state index contributed by atoms with van der Waals surface area (Å²) in [6.45, 7) is 8.63. The van der Waals surface area contributed by atoms with Crippen LogP contribution in [0.2, 0.25) is 5.02 Å². The van der Waals surface area contributed by atoms with Crippen LogP contribution in [0.4, 0.5) is 10.5 Å². The lowest BCUT2D eigenvalue weighted by Crippen LogP contribution is -2.63. The fourth-order valence-electron chi connectivity index (χ4n) is 11.3. The zero-order valence-electron chi connectivity index (χ0n) is 52.4. The third kappa shape index (κ3) is 17.8. The van der Waals surface area contributed by atoms with Crippen LogP contribution in [0.15, 0.2) is 66.3 Å². The van der Waals surface area contributed by atoms with Crippen LogP contribution in [-0.4, -0.2) is 233 Å². The van der Waals surface area contributed by atoms with E-state index in [-0.39, 0.29) is 64.1 Å². The molecule has 2 aromatic carbocycles. The molecule has 2 fully saturated rings. The number of ether oxygens (including phenoxy) is 4. The molecule has 1 aromatic heterocycles. The first kappa shape index (κ1) is 70.3. The van der Waals surface area contributed by atoms with Gasteiger partial charge in [-0.2, -0.15) is 0 Å². The van der Waals surface area contributed by atoms with E-state index in [0.717, 1.165) is 53.9 Å². The first-order valence-electron chi connectivity index (χ1n) is 29.9. The molecule has 0 saturated carbocycles. The molecule has 2 saturated heterocycles. The molecule has 24 nitrogen and oxygen atoms in total. The van der Waals surface area contributed by atoms with Crippen molar-refractivity contribution in [3.63, 3.8) is 0 Å². The van der Waals surface area contributed by atoms with Gasteiger partial charge in [0.1, 0.15) is 35.7 Å². The van der Waals surface area contributed by atoms with Gasteiger partial charge in [-0.1, -0.05) is 73.5 Å². The molecule has 0 radical (unpaired) electrons. The summed E-state index contributed by atoms with van der Waals surface area (Å²) in [7, 11) is 6.32. The van der Waals surface area contributed by atoms with Crippen LogP contribution in [0.1, 0.15) is 90.0 Å². The van der Waals surface area contributed by atoms with Crippen molar-refractivity contribution in [2.45, 2.75) is 141 Å². The number of carbonyl (C=O) groups is 8. The van der Waals surface area contributed by atoms with E-state index in [1.165, 1.54) is 26.0 Å². The van der Waals surface area contributed by atoms with E-state index in [2.05, 4.69) is 27.8 Å². The number of carbonyl (C=O) groups excluding carboxylic acids is 8. The Hall–Kier alpha value is -6.77. The van der Waals surface area contributed by atoms with Gasteiger partial charge in [0.2, 0.25) is 29.5 Å². The van der Waals surface area contributed by atoms with E-state index >= 15 is 0 Å². The Morgan fingerprint density at radius 2 is 1.52 bits per heavy atom. The Morgan fingerprint density at radius 3 is 2.18 bits per heavy atom. The number of para-hydroxylation sites is 1. The first-order valence-corrected chi connectivity index (χ1v) is 30.3. The summed E-state index contributed by atoms with van der Waals surface area (Å²) in [5.41, 5.74) is 1.64. The number of epoxide rings is 1. The second kappa shape index (κ2) is 31.6. The highest BCUT2D eigenvalue weighted by atomic mass is 35.5. The summed E-state index contributed by atoms with van der Waals surface area (Å²) >= 11 is 6.85. The number of methoxy groups -OCH3 is 1. The normalized spacial score (nSPS) is 23.4. The lowest BCUT2D eigenvalue weighted by molar-refractivity contribution is -0.162. The van der Waals surface area contributed by atoms with Gasteiger partial charge in [0.15, 0.2) is 5.72 Å². The van der Waals surface area contributed by atoms with E-state index in [1.54, 1.807) is 39.1 Å². The smallest absolute Gasteiger partial charge is 0.409 e. The van der Waals surface area contributed by atoms with Gasteiger partial charge in [0, 0.05) is 110 Å². The van der Waals surface area contributed by atoms with Crippen molar-refractivity contribution < 1.29 is 77.7 Å². The van der Waals surface area contributed by atoms with Crippen molar-refractivity contribution in [1.29, 1.82) is 0 Å². The number of anilines is 1. The minimum Gasteiger partial charge on any atom is -0.457 e. The predicted octanol–water partition coefficient (Wildman–Crippen LogP) is 3.51. The van der Waals surface area contributed by atoms with E-state index in [0.29, 0.717) is 35.8 Å². The van der Waals surface area contributed by atoms with E-state index in [1.807, 2.05) is 57.3 Å². The van der Waals surface area contributed by atoms with Crippen molar-refractivity contribution in [3.8, 4) is 0 Å². The lowest BCUT2D eigenvalue weighted by atomic mass is 9.83. The van der Waals surface area contributed by atoms with Crippen molar-refractivity contribution in [3.05, 3.63) is 88.1 Å². The minimum absolute atomic E-state index is 0.110. The van der Waals surface area contributed by atoms with Gasteiger partial charge in [-0.3, -0.25) is 34.1 Å². The quantitative estimate of drug-likeness (QED) is 0.0568. The monoisotopic (exact) mass is 1250 g/mol. The molecule has 4 bridgehead atoms. The molecular weight excluding hydrogens is 1160 g/mol. The molecule has 484 valence electrons. The van der Waals surface area contributed by atoms with E-state index < -0.39 is 129 Å².